The van der Waals surface area contributed by atoms with Crippen LogP contribution in [-0.2, 0) is 21.2 Å². The van der Waals surface area contributed by atoms with E-state index >= 15 is 0 Å². The molecule has 9 heteroatoms. The first-order valence-corrected chi connectivity index (χ1v) is 9.62. The van der Waals surface area contributed by atoms with E-state index in [2.05, 4.69) is 25.2 Å². The molecule has 0 saturated carbocycles. The minimum absolute atomic E-state index is 0.112. The van der Waals surface area contributed by atoms with Crippen LogP contribution in [0.4, 0.5) is 17.2 Å². The molecule has 0 atom stereocenters. The molecule has 138 valence electrons. The molecule has 3 rings (SSSR count). The van der Waals surface area contributed by atoms with Gasteiger partial charge in [-0.2, -0.15) is 0 Å². The first kappa shape index (κ1) is 18.2. The van der Waals surface area contributed by atoms with Gasteiger partial charge in [-0.15, -0.1) is 0 Å². The second-order valence-corrected chi connectivity index (χ2v) is 7.99. The molecule has 1 aromatic carbocycles. The number of amides is 1. The minimum atomic E-state index is -3.75. The van der Waals surface area contributed by atoms with E-state index < -0.39 is 10.0 Å². The summed E-state index contributed by atoms with van der Waals surface area (Å²) in [6, 6.07) is 7.96. The minimum Gasteiger partial charge on any atom is -0.369 e. The molecular weight excluding hydrogens is 354 g/mol. The van der Waals surface area contributed by atoms with Crippen LogP contribution in [0.1, 0.15) is 5.56 Å². The van der Waals surface area contributed by atoms with Gasteiger partial charge in [0.25, 0.3) is 10.0 Å². The number of pyridine rings is 1. The van der Waals surface area contributed by atoms with Gasteiger partial charge in [-0.3, -0.25) is 9.52 Å². The number of aromatic nitrogens is 1. The first-order valence-electron chi connectivity index (χ1n) is 8.14. The lowest BCUT2D eigenvalue weighted by Gasteiger charge is -2.12. The Morgan fingerprint density at radius 1 is 1.23 bits per heavy atom. The highest BCUT2D eigenvalue weighted by Crippen LogP contribution is 2.26. The monoisotopic (exact) mass is 375 g/mol. The summed E-state index contributed by atoms with van der Waals surface area (Å²) >= 11 is 0. The normalized spacial score (nSPS) is 13.4. The number of nitrogens with one attached hydrogen (secondary N) is 3. The quantitative estimate of drug-likeness (QED) is 0.675. The lowest BCUT2D eigenvalue weighted by molar-refractivity contribution is -0.115. The largest absolute Gasteiger partial charge is 0.369 e. The lowest BCUT2D eigenvalue weighted by Crippen LogP contribution is -2.21. The molecule has 0 fully saturated rings. The van der Waals surface area contributed by atoms with Gasteiger partial charge in [-0.1, -0.05) is 0 Å². The maximum atomic E-state index is 12.5. The van der Waals surface area contributed by atoms with E-state index in [1.54, 1.807) is 18.2 Å². The van der Waals surface area contributed by atoms with E-state index in [0.29, 0.717) is 22.8 Å². The van der Waals surface area contributed by atoms with Gasteiger partial charge in [0.05, 0.1) is 23.2 Å². The summed E-state index contributed by atoms with van der Waals surface area (Å²) in [5.41, 5.74) is 1.71. The molecule has 0 bridgehead atoms. The van der Waals surface area contributed by atoms with Crippen molar-refractivity contribution in [1.29, 1.82) is 0 Å². The second-order valence-electron chi connectivity index (χ2n) is 6.31. The molecule has 2 aromatic rings. The zero-order valence-corrected chi connectivity index (χ0v) is 15.4. The number of benzene rings is 1. The van der Waals surface area contributed by atoms with Crippen LogP contribution >= 0.6 is 0 Å². The van der Waals surface area contributed by atoms with E-state index in [1.807, 2.05) is 14.1 Å². The molecule has 0 unspecified atom stereocenters. The van der Waals surface area contributed by atoms with Gasteiger partial charge >= 0.3 is 0 Å². The standard InChI is InChI=1S/C17H21N5O3S/c1-22(2)8-7-18-16-6-3-13(11-19-16)21-26(24,25)14-4-5-15-12(9-14)10-17(23)20-15/h3-6,9,11,21H,7-8,10H2,1-2H3,(H,18,19)(H,20,23). The summed E-state index contributed by atoms with van der Waals surface area (Å²) in [7, 11) is 0.219. The van der Waals surface area contributed by atoms with Crippen LogP contribution in [-0.4, -0.2) is 51.4 Å². The number of nitrogens with zero attached hydrogens (tertiary/aromatic N) is 2. The maximum Gasteiger partial charge on any atom is 0.261 e. The zero-order valence-electron chi connectivity index (χ0n) is 14.6. The summed E-state index contributed by atoms with van der Waals surface area (Å²) < 4.78 is 27.6. The number of rotatable bonds is 7. The van der Waals surface area contributed by atoms with Gasteiger partial charge in [0.1, 0.15) is 5.82 Å². The maximum absolute atomic E-state index is 12.5. The number of anilines is 3. The smallest absolute Gasteiger partial charge is 0.261 e. The zero-order chi connectivity index (χ0) is 18.7. The van der Waals surface area contributed by atoms with E-state index in [9.17, 15) is 13.2 Å². The Labute approximate surface area is 152 Å². The molecule has 1 aliphatic heterocycles. The Balaban J connectivity index is 1.68. The fourth-order valence-corrected chi connectivity index (χ4v) is 3.65. The number of likely N-dealkylation sites (N-methyl/N-ethyl adjacent to an activating group) is 1. The number of carbonyl (C=O) groups excluding carboxylic acids is 1. The second kappa shape index (κ2) is 7.30. The van der Waals surface area contributed by atoms with Crippen LogP contribution in [0.5, 0.6) is 0 Å². The molecule has 0 spiro atoms. The molecule has 1 amide bonds. The molecular formula is C17H21N5O3S. The third-order valence-electron chi connectivity index (χ3n) is 3.89. The van der Waals surface area contributed by atoms with Gasteiger partial charge in [0.2, 0.25) is 5.91 Å². The van der Waals surface area contributed by atoms with Gasteiger partial charge < -0.3 is 15.5 Å². The van der Waals surface area contributed by atoms with Gasteiger partial charge in [-0.25, -0.2) is 13.4 Å². The highest BCUT2D eigenvalue weighted by Gasteiger charge is 2.22. The van der Waals surface area contributed by atoms with E-state index in [1.165, 1.54) is 18.3 Å². The predicted octanol–water partition coefficient (Wildman–Crippen LogP) is 1.35. The average molecular weight is 375 g/mol. The van der Waals surface area contributed by atoms with Crippen molar-refractivity contribution < 1.29 is 13.2 Å². The van der Waals surface area contributed by atoms with Crippen LogP contribution in [0.2, 0.25) is 0 Å². The molecule has 1 aliphatic rings. The van der Waals surface area contributed by atoms with Gasteiger partial charge in [0, 0.05) is 18.8 Å². The average Bonchev–Trinajstić information content (AvgIpc) is 2.95. The number of hydrogen-bond acceptors (Lipinski definition) is 6. The summed E-state index contributed by atoms with van der Waals surface area (Å²) in [6.45, 7) is 1.61. The number of sulfonamides is 1. The summed E-state index contributed by atoms with van der Waals surface area (Å²) in [4.78, 5) is 17.8. The van der Waals surface area contributed by atoms with Crippen LogP contribution in [0.15, 0.2) is 41.4 Å². The van der Waals surface area contributed by atoms with E-state index in [4.69, 9.17) is 0 Å². The van der Waals surface area contributed by atoms with Crippen molar-refractivity contribution >= 4 is 33.1 Å². The third kappa shape index (κ3) is 4.30. The van der Waals surface area contributed by atoms with Crippen molar-refractivity contribution in [3.63, 3.8) is 0 Å². The number of hydrogen-bond donors (Lipinski definition) is 3. The van der Waals surface area contributed by atoms with Crippen molar-refractivity contribution in [2.75, 3.05) is 42.5 Å². The van der Waals surface area contributed by atoms with Crippen molar-refractivity contribution in [2.24, 2.45) is 0 Å². The Kier molecular flexibility index (Phi) is 5.10. The lowest BCUT2D eigenvalue weighted by atomic mass is 10.2. The molecule has 0 radical (unpaired) electrons. The molecule has 2 heterocycles. The molecule has 3 N–H and O–H groups in total. The van der Waals surface area contributed by atoms with E-state index in [-0.39, 0.29) is 17.2 Å². The molecule has 0 aliphatic carbocycles. The van der Waals surface area contributed by atoms with Crippen molar-refractivity contribution in [2.45, 2.75) is 11.3 Å². The highest BCUT2D eigenvalue weighted by atomic mass is 32.2. The van der Waals surface area contributed by atoms with Crippen LogP contribution in [0.25, 0.3) is 0 Å². The molecule has 8 nitrogen and oxygen atoms in total. The van der Waals surface area contributed by atoms with Crippen LogP contribution in [0, 0.1) is 0 Å². The topological polar surface area (TPSA) is 103 Å². The van der Waals surface area contributed by atoms with Gasteiger partial charge in [0.15, 0.2) is 0 Å². The molecule has 26 heavy (non-hydrogen) atoms. The van der Waals surface area contributed by atoms with Crippen molar-refractivity contribution in [1.82, 2.24) is 9.88 Å². The fourth-order valence-electron chi connectivity index (χ4n) is 2.55. The fraction of sp³-hybridized carbons (Fsp3) is 0.294. The SMILES string of the molecule is CN(C)CCNc1ccc(NS(=O)(=O)c2ccc3c(c2)CC(=O)N3)cn1. The highest BCUT2D eigenvalue weighted by molar-refractivity contribution is 7.92. The predicted molar refractivity (Wildman–Crippen MR) is 101 cm³/mol. The first-order chi connectivity index (χ1) is 12.3. The summed E-state index contributed by atoms with van der Waals surface area (Å²) in [5.74, 6) is 0.543. The summed E-state index contributed by atoms with van der Waals surface area (Å²) in [6.07, 6.45) is 1.65. The number of fused-ring (bicyclic) bond motifs is 1. The summed E-state index contributed by atoms with van der Waals surface area (Å²) in [5, 5.41) is 5.84. The Hall–Kier alpha value is -2.65. The van der Waals surface area contributed by atoms with Crippen molar-refractivity contribution in [3.05, 3.63) is 42.1 Å². The Bertz CT molecular complexity index is 910. The molecule has 1 aromatic heterocycles. The van der Waals surface area contributed by atoms with Crippen molar-refractivity contribution in [3.8, 4) is 0 Å². The number of carbonyl (C=O) groups is 1. The van der Waals surface area contributed by atoms with Crippen LogP contribution < -0.4 is 15.4 Å². The third-order valence-corrected chi connectivity index (χ3v) is 5.27. The molecule has 0 saturated heterocycles. The van der Waals surface area contributed by atoms with Gasteiger partial charge in [-0.05, 0) is 50.0 Å². The van der Waals surface area contributed by atoms with E-state index in [0.717, 1.165) is 13.1 Å². The van der Waals surface area contributed by atoms with Crippen LogP contribution in [0.3, 0.4) is 0 Å². The Morgan fingerprint density at radius 3 is 2.73 bits per heavy atom. The Morgan fingerprint density at radius 2 is 2.04 bits per heavy atom.